The Morgan fingerprint density at radius 1 is 1.35 bits per heavy atom. The largest absolute Gasteiger partial charge is 0.497 e. The molecule has 2 N–H and O–H groups in total. The average molecular weight is 300 g/mol. The SMILES string of the molecule is COc1cccc(C(C)NCC(C)(C)NS(C)(=O)=O)c1. The van der Waals surface area contributed by atoms with E-state index in [1.54, 1.807) is 7.11 Å². The summed E-state index contributed by atoms with van der Waals surface area (Å²) >= 11 is 0. The third-order valence-electron chi connectivity index (χ3n) is 2.91. The fourth-order valence-corrected chi connectivity index (χ4v) is 3.05. The number of sulfonamides is 1. The van der Waals surface area contributed by atoms with Gasteiger partial charge >= 0.3 is 0 Å². The summed E-state index contributed by atoms with van der Waals surface area (Å²) in [4.78, 5) is 0. The summed E-state index contributed by atoms with van der Waals surface area (Å²) in [5, 5.41) is 3.33. The molecule has 1 rings (SSSR count). The minimum atomic E-state index is -3.22. The predicted molar refractivity (Wildman–Crippen MR) is 81.5 cm³/mol. The molecular formula is C14H24N2O3S. The molecule has 1 aromatic rings. The Hall–Kier alpha value is -1.11. The fourth-order valence-electron chi connectivity index (χ4n) is 1.97. The number of ether oxygens (including phenoxy) is 1. The van der Waals surface area contributed by atoms with E-state index in [4.69, 9.17) is 4.74 Å². The van der Waals surface area contributed by atoms with Crippen LogP contribution in [0.25, 0.3) is 0 Å². The molecule has 20 heavy (non-hydrogen) atoms. The number of nitrogens with one attached hydrogen (secondary N) is 2. The molecule has 0 heterocycles. The van der Waals surface area contributed by atoms with Crippen LogP contribution in [-0.2, 0) is 10.0 Å². The molecule has 6 heteroatoms. The average Bonchev–Trinajstić information content (AvgIpc) is 2.33. The van der Waals surface area contributed by atoms with Crippen molar-refractivity contribution in [3.63, 3.8) is 0 Å². The Morgan fingerprint density at radius 3 is 2.55 bits per heavy atom. The molecule has 0 aliphatic heterocycles. The number of benzene rings is 1. The zero-order valence-corrected chi connectivity index (χ0v) is 13.5. The van der Waals surface area contributed by atoms with E-state index in [1.807, 2.05) is 45.0 Å². The van der Waals surface area contributed by atoms with E-state index in [1.165, 1.54) is 6.26 Å². The molecule has 114 valence electrons. The molecule has 1 atom stereocenters. The number of hydrogen-bond acceptors (Lipinski definition) is 4. The van der Waals surface area contributed by atoms with Gasteiger partial charge in [0, 0.05) is 18.1 Å². The summed E-state index contributed by atoms with van der Waals surface area (Å²) in [5.41, 5.74) is 0.556. The summed E-state index contributed by atoms with van der Waals surface area (Å²) in [6, 6.07) is 7.91. The molecule has 0 aromatic heterocycles. The predicted octanol–water partition coefficient (Wildman–Crippen LogP) is 1.67. The van der Waals surface area contributed by atoms with Gasteiger partial charge < -0.3 is 10.1 Å². The standard InChI is InChI=1S/C14H24N2O3S/c1-11(12-7-6-8-13(9-12)19-4)15-10-14(2,3)16-20(5,17)18/h6-9,11,15-16H,10H2,1-5H3. The van der Waals surface area contributed by atoms with Crippen LogP contribution in [0, 0.1) is 0 Å². The summed E-state index contributed by atoms with van der Waals surface area (Å²) in [6.07, 6.45) is 1.17. The third-order valence-corrected chi connectivity index (χ3v) is 3.83. The van der Waals surface area contributed by atoms with E-state index >= 15 is 0 Å². The van der Waals surface area contributed by atoms with E-state index in [0.29, 0.717) is 6.54 Å². The van der Waals surface area contributed by atoms with Crippen molar-refractivity contribution in [2.24, 2.45) is 0 Å². The van der Waals surface area contributed by atoms with Crippen LogP contribution >= 0.6 is 0 Å². The second-order valence-electron chi connectivity index (χ2n) is 5.64. The van der Waals surface area contributed by atoms with Gasteiger partial charge in [-0.25, -0.2) is 13.1 Å². The first-order valence-corrected chi connectivity index (χ1v) is 8.38. The van der Waals surface area contributed by atoms with E-state index in [-0.39, 0.29) is 6.04 Å². The van der Waals surface area contributed by atoms with Crippen molar-refractivity contribution >= 4 is 10.0 Å². The molecule has 0 amide bonds. The number of methoxy groups -OCH3 is 1. The molecule has 0 radical (unpaired) electrons. The first-order chi connectivity index (χ1) is 9.13. The minimum Gasteiger partial charge on any atom is -0.497 e. The number of rotatable bonds is 7. The maximum absolute atomic E-state index is 11.3. The highest BCUT2D eigenvalue weighted by molar-refractivity contribution is 7.88. The second-order valence-corrected chi connectivity index (χ2v) is 7.39. The minimum absolute atomic E-state index is 0.103. The van der Waals surface area contributed by atoms with Crippen LogP contribution in [0.2, 0.25) is 0 Å². The van der Waals surface area contributed by atoms with Crippen LogP contribution in [-0.4, -0.2) is 33.9 Å². The first-order valence-electron chi connectivity index (χ1n) is 6.49. The molecule has 1 aromatic carbocycles. The van der Waals surface area contributed by atoms with Gasteiger partial charge in [-0.1, -0.05) is 12.1 Å². The summed E-state index contributed by atoms with van der Waals surface area (Å²) in [5.74, 6) is 0.810. The first kappa shape index (κ1) is 16.9. The lowest BCUT2D eigenvalue weighted by atomic mass is 10.0. The number of hydrogen-bond donors (Lipinski definition) is 2. The van der Waals surface area contributed by atoms with Gasteiger partial charge in [-0.2, -0.15) is 0 Å². The van der Waals surface area contributed by atoms with Crippen LogP contribution in [0.3, 0.4) is 0 Å². The highest BCUT2D eigenvalue weighted by Crippen LogP contribution is 2.19. The van der Waals surface area contributed by atoms with E-state index in [9.17, 15) is 8.42 Å². The van der Waals surface area contributed by atoms with Gasteiger partial charge in [0.25, 0.3) is 0 Å². The van der Waals surface area contributed by atoms with Gasteiger partial charge in [0.15, 0.2) is 0 Å². The summed E-state index contributed by atoms with van der Waals surface area (Å²) in [6.45, 7) is 6.25. The van der Waals surface area contributed by atoms with Crippen molar-refractivity contribution in [1.29, 1.82) is 0 Å². The molecule has 0 aliphatic rings. The molecule has 1 unspecified atom stereocenters. The van der Waals surface area contributed by atoms with Crippen molar-refractivity contribution < 1.29 is 13.2 Å². The van der Waals surface area contributed by atoms with Crippen molar-refractivity contribution in [3.8, 4) is 5.75 Å². The van der Waals surface area contributed by atoms with Gasteiger partial charge in [0.1, 0.15) is 5.75 Å². The second kappa shape index (κ2) is 6.56. The molecule has 0 saturated heterocycles. The van der Waals surface area contributed by atoms with E-state index in [2.05, 4.69) is 10.0 Å². The van der Waals surface area contributed by atoms with Gasteiger partial charge in [-0.3, -0.25) is 0 Å². The van der Waals surface area contributed by atoms with E-state index < -0.39 is 15.6 Å². The Morgan fingerprint density at radius 2 is 2.00 bits per heavy atom. The molecule has 0 aliphatic carbocycles. The van der Waals surface area contributed by atoms with Gasteiger partial charge in [-0.15, -0.1) is 0 Å². The highest BCUT2D eigenvalue weighted by atomic mass is 32.2. The maximum Gasteiger partial charge on any atom is 0.209 e. The lowest BCUT2D eigenvalue weighted by Crippen LogP contribution is -2.50. The summed E-state index contributed by atoms with van der Waals surface area (Å²) < 4.78 is 30.4. The van der Waals surface area contributed by atoms with Crippen LogP contribution in [0.4, 0.5) is 0 Å². The smallest absolute Gasteiger partial charge is 0.209 e. The zero-order chi connectivity index (χ0) is 15.4. The Balaban J connectivity index is 2.64. The van der Waals surface area contributed by atoms with Gasteiger partial charge in [0.2, 0.25) is 10.0 Å². The molecule has 0 spiro atoms. The highest BCUT2D eigenvalue weighted by Gasteiger charge is 2.22. The van der Waals surface area contributed by atoms with Crippen LogP contribution in [0.1, 0.15) is 32.4 Å². The Kier molecular flexibility index (Phi) is 5.56. The normalized spacial score (nSPS) is 14.1. The molecular weight excluding hydrogens is 276 g/mol. The molecule has 0 saturated carbocycles. The van der Waals surface area contributed by atoms with Crippen LogP contribution in [0.5, 0.6) is 5.75 Å². The zero-order valence-electron chi connectivity index (χ0n) is 12.7. The quantitative estimate of drug-likeness (QED) is 0.804. The molecule has 0 fully saturated rings. The van der Waals surface area contributed by atoms with Crippen molar-refractivity contribution in [2.75, 3.05) is 19.9 Å². The third kappa shape index (κ3) is 5.90. The molecule has 5 nitrogen and oxygen atoms in total. The molecule has 0 bridgehead atoms. The lowest BCUT2D eigenvalue weighted by Gasteiger charge is -2.27. The van der Waals surface area contributed by atoms with Gasteiger partial charge in [-0.05, 0) is 38.5 Å². The topological polar surface area (TPSA) is 67.4 Å². The van der Waals surface area contributed by atoms with Crippen LogP contribution < -0.4 is 14.8 Å². The lowest BCUT2D eigenvalue weighted by molar-refractivity contribution is 0.396. The fraction of sp³-hybridized carbons (Fsp3) is 0.571. The van der Waals surface area contributed by atoms with Gasteiger partial charge in [0.05, 0.1) is 13.4 Å². The Bertz CT molecular complexity index is 541. The van der Waals surface area contributed by atoms with E-state index in [0.717, 1.165) is 11.3 Å². The van der Waals surface area contributed by atoms with Crippen molar-refractivity contribution in [3.05, 3.63) is 29.8 Å². The maximum atomic E-state index is 11.3. The Labute approximate surface area is 121 Å². The van der Waals surface area contributed by atoms with Crippen molar-refractivity contribution in [2.45, 2.75) is 32.4 Å². The van der Waals surface area contributed by atoms with Crippen molar-refractivity contribution in [1.82, 2.24) is 10.0 Å². The summed E-state index contributed by atoms with van der Waals surface area (Å²) in [7, 11) is -1.58. The monoisotopic (exact) mass is 300 g/mol. The van der Waals surface area contributed by atoms with Crippen LogP contribution in [0.15, 0.2) is 24.3 Å².